The molecule has 126 valence electrons. The van der Waals surface area contributed by atoms with E-state index in [1.54, 1.807) is 23.9 Å². The van der Waals surface area contributed by atoms with Gasteiger partial charge in [-0.25, -0.2) is 4.98 Å². The molecule has 1 amide bonds. The molecular weight excluding hydrogens is 320 g/mol. The van der Waals surface area contributed by atoms with Gasteiger partial charge in [0.05, 0.1) is 6.33 Å². The monoisotopic (exact) mass is 342 g/mol. The van der Waals surface area contributed by atoms with Crippen LogP contribution < -0.4 is 11.1 Å². The van der Waals surface area contributed by atoms with E-state index in [0.29, 0.717) is 6.54 Å². The Kier molecular flexibility index (Phi) is 4.97. The van der Waals surface area contributed by atoms with Gasteiger partial charge in [0.1, 0.15) is 0 Å². The number of amides is 1. The lowest BCUT2D eigenvalue weighted by Crippen LogP contribution is -2.39. The predicted molar refractivity (Wildman–Crippen MR) is 97.8 cm³/mol. The van der Waals surface area contributed by atoms with Crippen LogP contribution in [-0.2, 0) is 16.9 Å². The maximum atomic E-state index is 12.2. The summed E-state index contributed by atoms with van der Waals surface area (Å²) >= 11 is 1.71. The third kappa shape index (κ3) is 4.01. The number of benzene rings is 1. The first-order chi connectivity index (χ1) is 11.5. The van der Waals surface area contributed by atoms with Crippen LogP contribution in [0.3, 0.4) is 0 Å². The Labute approximate surface area is 145 Å². The Morgan fingerprint density at radius 2 is 2.29 bits per heavy atom. The van der Waals surface area contributed by atoms with Crippen LogP contribution >= 0.6 is 11.3 Å². The molecule has 0 aliphatic rings. The van der Waals surface area contributed by atoms with Crippen molar-refractivity contribution >= 4 is 27.3 Å². The van der Waals surface area contributed by atoms with E-state index in [1.807, 2.05) is 23.8 Å². The second kappa shape index (κ2) is 7.15. The van der Waals surface area contributed by atoms with Gasteiger partial charge in [0.15, 0.2) is 0 Å². The Balaban J connectivity index is 1.52. The Hall–Kier alpha value is -2.18. The van der Waals surface area contributed by atoms with E-state index in [-0.39, 0.29) is 12.3 Å². The van der Waals surface area contributed by atoms with E-state index in [2.05, 4.69) is 33.9 Å². The lowest BCUT2D eigenvalue weighted by molar-refractivity contribution is -0.122. The fourth-order valence-electron chi connectivity index (χ4n) is 2.73. The second-order valence-corrected chi connectivity index (χ2v) is 7.22. The molecule has 2 aromatic heterocycles. The number of imidazole rings is 1. The molecule has 0 saturated heterocycles. The van der Waals surface area contributed by atoms with Crippen LogP contribution in [0, 0.1) is 0 Å². The standard InChI is InChI=1S/C18H22N4OS/c1-18(19,15-3-4-16-14(11-15)5-10-24-16)12-17(23)21-6-2-8-22-9-7-20-13-22/h3-5,7,9-11,13H,2,6,8,12,19H2,1H3,(H,21,23)/t18-/m0/s1. The SMILES string of the molecule is C[C@](N)(CC(=O)NCCCn1ccnc1)c1ccc2sccc2c1. The zero-order chi connectivity index (χ0) is 17.0. The minimum absolute atomic E-state index is 0.0175. The van der Waals surface area contributed by atoms with Gasteiger partial charge in [-0.05, 0) is 47.9 Å². The van der Waals surface area contributed by atoms with Crippen molar-refractivity contribution in [1.82, 2.24) is 14.9 Å². The fourth-order valence-corrected chi connectivity index (χ4v) is 3.50. The van der Waals surface area contributed by atoms with Crippen LogP contribution in [-0.4, -0.2) is 22.0 Å². The molecule has 3 aromatic rings. The number of carbonyl (C=O) groups excluding carboxylic acids is 1. The molecule has 0 aliphatic carbocycles. The average molecular weight is 342 g/mol. The zero-order valence-electron chi connectivity index (χ0n) is 13.7. The summed E-state index contributed by atoms with van der Waals surface area (Å²) in [7, 11) is 0. The highest BCUT2D eigenvalue weighted by Crippen LogP contribution is 2.28. The molecule has 0 fully saturated rings. The van der Waals surface area contributed by atoms with Gasteiger partial charge in [0, 0.05) is 42.1 Å². The summed E-state index contributed by atoms with van der Waals surface area (Å²) in [6.07, 6.45) is 6.58. The fraction of sp³-hybridized carbons (Fsp3) is 0.333. The molecule has 3 N–H and O–H groups in total. The van der Waals surface area contributed by atoms with Crippen LogP contribution in [0.1, 0.15) is 25.3 Å². The van der Waals surface area contributed by atoms with Crippen molar-refractivity contribution in [2.75, 3.05) is 6.54 Å². The van der Waals surface area contributed by atoms with Gasteiger partial charge >= 0.3 is 0 Å². The minimum Gasteiger partial charge on any atom is -0.356 e. The van der Waals surface area contributed by atoms with E-state index in [1.165, 1.54) is 10.1 Å². The van der Waals surface area contributed by atoms with Gasteiger partial charge in [0.2, 0.25) is 5.91 Å². The number of hydrogen-bond acceptors (Lipinski definition) is 4. The predicted octanol–water partition coefficient (Wildman–Crippen LogP) is 2.87. The molecule has 0 bridgehead atoms. The highest BCUT2D eigenvalue weighted by molar-refractivity contribution is 7.17. The first-order valence-electron chi connectivity index (χ1n) is 8.04. The maximum absolute atomic E-state index is 12.2. The van der Waals surface area contributed by atoms with Crippen LogP contribution in [0.15, 0.2) is 48.4 Å². The van der Waals surface area contributed by atoms with Crippen LogP contribution in [0.25, 0.3) is 10.1 Å². The Morgan fingerprint density at radius 3 is 3.08 bits per heavy atom. The first-order valence-corrected chi connectivity index (χ1v) is 8.92. The smallest absolute Gasteiger partial charge is 0.222 e. The summed E-state index contributed by atoms with van der Waals surface area (Å²) in [4.78, 5) is 16.2. The first kappa shape index (κ1) is 16.7. The molecule has 24 heavy (non-hydrogen) atoms. The number of rotatable bonds is 7. The van der Waals surface area contributed by atoms with E-state index in [0.717, 1.165) is 18.5 Å². The van der Waals surface area contributed by atoms with E-state index in [4.69, 9.17) is 5.73 Å². The summed E-state index contributed by atoms with van der Waals surface area (Å²) in [6, 6.07) is 8.25. The number of nitrogens with two attached hydrogens (primary N) is 1. The van der Waals surface area contributed by atoms with E-state index < -0.39 is 5.54 Å². The molecule has 0 saturated carbocycles. The number of aryl methyl sites for hydroxylation is 1. The van der Waals surface area contributed by atoms with Gasteiger partial charge in [-0.15, -0.1) is 11.3 Å². The maximum Gasteiger partial charge on any atom is 0.222 e. The van der Waals surface area contributed by atoms with Crippen LogP contribution in [0.2, 0.25) is 0 Å². The van der Waals surface area contributed by atoms with Crippen molar-refractivity contribution in [1.29, 1.82) is 0 Å². The number of thiophene rings is 1. The topological polar surface area (TPSA) is 72.9 Å². The van der Waals surface area contributed by atoms with E-state index in [9.17, 15) is 4.79 Å². The minimum atomic E-state index is -0.676. The summed E-state index contributed by atoms with van der Waals surface area (Å²) in [5, 5.41) is 6.19. The normalized spacial score (nSPS) is 13.8. The zero-order valence-corrected chi connectivity index (χ0v) is 14.6. The highest BCUT2D eigenvalue weighted by atomic mass is 32.1. The summed E-state index contributed by atoms with van der Waals surface area (Å²) < 4.78 is 3.23. The summed E-state index contributed by atoms with van der Waals surface area (Å²) in [6.45, 7) is 3.39. The molecule has 5 nitrogen and oxygen atoms in total. The van der Waals surface area contributed by atoms with E-state index >= 15 is 0 Å². The number of nitrogens with one attached hydrogen (secondary N) is 1. The number of hydrogen-bond donors (Lipinski definition) is 2. The van der Waals surface area contributed by atoms with Crippen molar-refractivity contribution in [3.63, 3.8) is 0 Å². The number of fused-ring (bicyclic) bond motifs is 1. The van der Waals surface area contributed by atoms with Crippen molar-refractivity contribution in [2.24, 2.45) is 5.73 Å². The quantitative estimate of drug-likeness (QED) is 0.649. The van der Waals surface area contributed by atoms with Crippen molar-refractivity contribution in [2.45, 2.75) is 31.8 Å². The average Bonchev–Trinajstić information content (AvgIpc) is 3.21. The molecule has 2 heterocycles. The second-order valence-electron chi connectivity index (χ2n) is 6.27. The summed E-state index contributed by atoms with van der Waals surface area (Å²) in [5.41, 5.74) is 6.72. The molecule has 3 rings (SSSR count). The van der Waals surface area contributed by atoms with Crippen molar-refractivity contribution in [3.8, 4) is 0 Å². The molecule has 1 aromatic carbocycles. The highest BCUT2D eigenvalue weighted by Gasteiger charge is 2.25. The molecule has 0 radical (unpaired) electrons. The molecule has 0 aliphatic heterocycles. The molecular formula is C18H22N4OS. The van der Waals surface area contributed by atoms with Crippen molar-refractivity contribution < 1.29 is 4.79 Å². The van der Waals surface area contributed by atoms with Gasteiger partial charge in [0.25, 0.3) is 0 Å². The number of carbonyl (C=O) groups is 1. The van der Waals surface area contributed by atoms with Crippen molar-refractivity contribution in [3.05, 3.63) is 53.9 Å². The third-order valence-corrected chi connectivity index (χ3v) is 5.01. The third-order valence-electron chi connectivity index (χ3n) is 4.11. The van der Waals surface area contributed by atoms with Crippen LogP contribution in [0.4, 0.5) is 0 Å². The molecule has 0 spiro atoms. The number of nitrogens with zero attached hydrogens (tertiary/aromatic N) is 2. The van der Waals surface area contributed by atoms with Crippen LogP contribution in [0.5, 0.6) is 0 Å². The molecule has 6 heteroatoms. The van der Waals surface area contributed by atoms with Gasteiger partial charge in [-0.1, -0.05) is 6.07 Å². The lowest BCUT2D eigenvalue weighted by Gasteiger charge is -2.25. The molecule has 1 atom stereocenters. The van der Waals surface area contributed by atoms with Gasteiger partial charge in [-0.2, -0.15) is 0 Å². The Morgan fingerprint density at radius 1 is 1.42 bits per heavy atom. The lowest BCUT2D eigenvalue weighted by atomic mass is 9.89. The largest absolute Gasteiger partial charge is 0.356 e. The molecule has 0 unspecified atom stereocenters. The number of aromatic nitrogens is 2. The Bertz CT molecular complexity index is 807. The van der Waals surface area contributed by atoms with Gasteiger partial charge < -0.3 is 15.6 Å². The summed E-state index contributed by atoms with van der Waals surface area (Å²) in [5.74, 6) is -0.0175. The van der Waals surface area contributed by atoms with Gasteiger partial charge in [-0.3, -0.25) is 4.79 Å².